The van der Waals surface area contributed by atoms with Gasteiger partial charge in [-0.3, -0.25) is 10.1 Å². The van der Waals surface area contributed by atoms with Crippen molar-refractivity contribution in [1.29, 1.82) is 0 Å². The van der Waals surface area contributed by atoms with Gasteiger partial charge in [0.05, 0.1) is 45.4 Å². The minimum Gasteiger partial charge on any atom is -0.417 e. The normalized spacial score (nSPS) is 18.8. The van der Waals surface area contributed by atoms with Crippen LogP contribution in [0.5, 0.6) is 0 Å². The lowest BCUT2D eigenvalue weighted by molar-refractivity contribution is 0.0893. The Bertz CT molecular complexity index is 1850. The molecule has 0 saturated heterocycles. The van der Waals surface area contributed by atoms with Gasteiger partial charge in [-0.05, 0) is 112 Å². The maximum absolute atomic E-state index is 12.6. The smallest absolute Gasteiger partial charge is 0.192 e. The van der Waals surface area contributed by atoms with Crippen LogP contribution in [-0.2, 0) is 26.4 Å². The van der Waals surface area contributed by atoms with E-state index < -0.39 is 32.4 Å². The molecule has 1 aliphatic carbocycles. The van der Waals surface area contributed by atoms with Crippen molar-refractivity contribution in [3.05, 3.63) is 72.2 Å². The van der Waals surface area contributed by atoms with Gasteiger partial charge >= 0.3 is 0 Å². The molecule has 2 atom stereocenters. The van der Waals surface area contributed by atoms with Crippen molar-refractivity contribution in [1.82, 2.24) is 19.7 Å². The van der Waals surface area contributed by atoms with E-state index in [2.05, 4.69) is 104 Å². The number of fused-ring (bicyclic) bond motifs is 1. The molecule has 0 amide bonds. The number of aromatic nitrogens is 4. The first-order valence-electron chi connectivity index (χ1n) is 18.4. The Hall–Kier alpha value is -2.55. The van der Waals surface area contributed by atoms with Crippen molar-refractivity contribution in [2.24, 2.45) is 17.0 Å². The number of nitrogens with two attached hydrogens (primary N) is 1. The van der Waals surface area contributed by atoms with Crippen LogP contribution in [0.1, 0.15) is 92.0 Å². The predicted octanol–water partition coefficient (Wildman–Crippen LogP) is 9.93. The molecule has 3 aromatic heterocycles. The van der Waals surface area contributed by atoms with Gasteiger partial charge in [-0.25, -0.2) is 13.9 Å². The standard InChI is InChI=1S/C40H61N5O3SSi2/c1-38(2,3)50(9,10)47-26-28-21-31(22-28)33(24-40(7,8)49(41)46)35-17-14-16-34(44-35)29-19-20-30-25-42-45(36(30)23-29)37-18-13-15-32(43-37)27-48-51(11,12)39(4,5)6/h13-20,23,25,28,31,33H,21-22,24,26-27,41H2,1-12H3/t28?,31?,33-,49?/m0/s1. The molecule has 278 valence electrons. The van der Waals surface area contributed by atoms with Gasteiger partial charge in [0.2, 0.25) is 0 Å². The summed E-state index contributed by atoms with van der Waals surface area (Å²) in [6.07, 6.45) is 4.75. The van der Waals surface area contributed by atoms with Gasteiger partial charge in [-0.15, -0.1) is 0 Å². The lowest BCUT2D eigenvalue weighted by Gasteiger charge is -2.44. The van der Waals surface area contributed by atoms with E-state index in [4.69, 9.17) is 29.1 Å². The van der Waals surface area contributed by atoms with Crippen molar-refractivity contribution in [3.8, 4) is 17.1 Å². The highest BCUT2D eigenvalue weighted by molar-refractivity contribution is 7.84. The molecule has 1 saturated carbocycles. The van der Waals surface area contributed by atoms with Crippen LogP contribution >= 0.6 is 0 Å². The molecule has 51 heavy (non-hydrogen) atoms. The van der Waals surface area contributed by atoms with Crippen LogP contribution < -0.4 is 5.14 Å². The van der Waals surface area contributed by atoms with Crippen LogP contribution in [0.25, 0.3) is 28.0 Å². The van der Waals surface area contributed by atoms with E-state index >= 15 is 0 Å². The molecular weight excluding hydrogens is 687 g/mol. The van der Waals surface area contributed by atoms with Crippen molar-refractivity contribution in [3.63, 3.8) is 0 Å². The van der Waals surface area contributed by atoms with E-state index in [1.54, 1.807) is 0 Å². The average molecular weight is 748 g/mol. The van der Waals surface area contributed by atoms with Gasteiger partial charge < -0.3 is 8.85 Å². The summed E-state index contributed by atoms with van der Waals surface area (Å²) in [5, 5.41) is 12.1. The van der Waals surface area contributed by atoms with Gasteiger partial charge in [0.1, 0.15) is 0 Å². The van der Waals surface area contributed by atoms with Crippen molar-refractivity contribution in [2.45, 2.75) is 128 Å². The fourth-order valence-electron chi connectivity index (χ4n) is 6.23. The molecule has 11 heteroatoms. The Labute approximate surface area is 311 Å². The Morgan fingerprint density at radius 3 is 2.18 bits per heavy atom. The van der Waals surface area contributed by atoms with Gasteiger partial charge in [-0.2, -0.15) is 5.10 Å². The predicted molar refractivity (Wildman–Crippen MR) is 217 cm³/mol. The van der Waals surface area contributed by atoms with E-state index in [1.165, 1.54) is 0 Å². The number of hydrogen-bond donors (Lipinski definition) is 1. The SMILES string of the molecule is CC(C)(C[C@H](c1cccc(-c2ccc3cnn(-c4cccc(CO[Si](C)(C)C(C)(C)C)n4)c3c2)n1)C1CC(CO[Si](C)(C)C(C)(C)C)C1)S(N)=O. The monoisotopic (exact) mass is 747 g/mol. The first kappa shape index (κ1) is 39.7. The minimum atomic E-state index is -1.91. The molecule has 0 spiro atoms. The van der Waals surface area contributed by atoms with Crippen LogP contribution in [-0.4, -0.2) is 51.9 Å². The molecule has 0 bridgehead atoms. The lowest BCUT2D eigenvalue weighted by atomic mass is 9.66. The third-order valence-electron chi connectivity index (χ3n) is 12.0. The third kappa shape index (κ3) is 8.99. The summed E-state index contributed by atoms with van der Waals surface area (Å²) in [6.45, 7) is 28.1. The lowest BCUT2D eigenvalue weighted by Crippen LogP contribution is -2.44. The highest BCUT2D eigenvalue weighted by Crippen LogP contribution is 2.48. The second kappa shape index (κ2) is 14.7. The van der Waals surface area contributed by atoms with Crippen molar-refractivity contribution < 1.29 is 13.1 Å². The second-order valence-corrected chi connectivity index (χ2v) is 29.7. The highest BCUT2D eigenvalue weighted by Gasteiger charge is 2.43. The molecule has 5 rings (SSSR count). The van der Waals surface area contributed by atoms with E-state index in [-0.39, 0.29) is 16.0 Å². The van der Waals surface area contributed by atoms with E-state index in [1.807, 2.05) is 42.9 Å². The fraction of sp³-hybridized carbons (Fsp3) is 0.575. The zero-order valence-electron chi connectivity index (χ0n) is 33.0. The van der Waals surface area contributed by atoms with Gasteiger partial charge in [0.25, 0.3) is 0 Å². The summed E-state index contributed by atoms with van der Waals surface area (Å²) in [5.41, 5.74) is 4.81. The first-order valence-corrected chi connectivity index (χ1v) is 25.5. The maximum Gasteiger partial charge on any atom is 0.192 e. The summed E-state index contributed by atoms with van der Waals surface area (Å²) >= 11 is 0. The number of rotatable bonds is 13. The second-order valence-electron chi connectivity index (χ2n) is 18.4. The van der Waals surface area contributed by atoms with Crippen LogP contribution in [0.4, 0.5) is 0 Å². The molecule has 1 aromatic carbocycles. The Kier molecular flexibility index (Phi) is 11.4. The van der Waals surface area contributed by atoms with Crippen LogP contribution in [0, 0.1) is 11.8 Å². The fourth-order valence-corrected chi connectivity index (χ4v) is 8.61. The number of benzene rings is 1. The quantitative estimate of drug-likeness (QED) is 0.137. The number of hydrogen-bond acceptors (Lipinski definition) is 6. The topological polar surface area (TPSA) is 105 Å². The summed E-state index contributed by atoms with van der Waals surface area (Å²) in [5.74, 6) is 1.88. The summed E-state index contributed by atoms with van der Waals surface area (Å²) in [4.78, 5) is 10.2. The largest absolute Gasteiger partial charge is 0.417 e. The van der Waals surface area contributed by atoms with E-state index in [9.17, 15) is 4.21 Å². The number of pyridine rings is 2. The van der Waals surface area contributed by atoms with Crippen LogP contribution in [0.15, 0.2) is 60.8 Å². The zero-order chi connectivity index (χ0) is 37.6. The van der Waals surface area contributed by atoms with Crippen molar-refractivity contribution >= 4 is 38.5 Å². The van der Waals surface area contributed by atoms with E-state index in [0.717, 1.165) is 58.8 Å². The summed E-state index contributed by atoms with van der Waals surface area (Å²) in [6, 6.07) is 18.7. The Morgan fingerprint density at radius 2 is 1.53 bits per heavy atom. The molecule has 1 aliphatic rings. The molecule has 0 radical (unpaired) electrons. The van der Waals surface area contributed by atoms with Crippen LogP contribution in [0.3, 0.4) is 0 Å². The van der Waals surface area contributed by atoms with Gasteiger partial charge in [-0.1, -0.05) is 65.8 Å². The molecule has 1 fully saturated rings. The molecule has 3 heterocycles. The Morgan fingerprint density at radius 1 is 0.882 bits per heavy atom. The molecular formula is C40H61N5O3SSi2. The molecule has 8 nitrogen and oxygen atoms in total. The molecule has 2 N–H and O–H groups in total. The van der Waals surface area contributed by atoms with Gasteiger partial charge in [0.15, 0.2) is 22.5 Å². The number of nitrogens with zero attached hydrogens (tertiary/aromatic N) is 4. The van der Waals surface area contributed by atoms with Gasteiger partial charge in [0, 0.05) is 29.2 Å². The van der Waals surface area contributed by atoms with Crippen LogP contribution in [0.2, 0.25) is 36.3 Å². The van der Waals surface area contributed by atoms with E-state index in [0.29, 0.717) is 24.9 Å². The van der Waals surface area contributed by atoms with Crippen molar-refractivity contribution in [2.75, 3.05) is 6.61 Å². The maximum atomic E-state index is 12.6. The first-order chi connectivity index (χ1) is 23.6. The third-order valence-corrected chi connectivity index (χ3v) is 22.2. The Balaban J connectivity index is 1.39. The summed E-state index contributed by atoms with van der Waals surface area (Å²) < 4.78 is 27.1. The zero-order valence-corrected chi connectivity index (χ0v) is 35.9. The highest BCUT2D eigenvalue weighted by atomic mass is 32.2. The molecule has 4 aromatic rings. The molecule has 1 unspecified atom stereocenters. The molecule has 0 aliphatic heterocycles. The average Bonchev–Trinajstić information content (AvgIpc) is 3.45. The minimum absolute atomic E-state index is 0.129. The summed E-state index contributed by atoms with van der Waals surface area (Å²) in [7, 11) is -5.17.